The van der Waals surface area contributed by atoms with E-state index < -0.39 is 5.60 Å². The van der Waals surface area contributed by atoms with Crippen LogP contribution in [0, 0.1) is 0 Å². The van der Waals surface area contributed by atoms with Gasteiger partial charge in [-0.1, -0.05) is 0 Å². The van der Waals surface area contributed by atoms with Crippen molar-refractivity contribution < 1.29 is 9.53 Å². The van der Waals surface area contributed by atoms with Crippen molar-refractivity contribution in [1.82, 2.24) is 15.5 Å². The van der Waals surface area contributed by atoms with Crippen LogP contribution >= 0.6 is 35.7 Å². The molecule has 2 unspecified atom stereocenters. The van der Waals surface area contributed by atoms with Crippen LogP contribution < -0.4 is 10.6 Å². The van der Waals surface area contributed by atoms with Crippen molar-refractivity contribution in [3.8, 4) is 0 Å². The van der Waals surface area contributed by atoms with Crippen molar-refractivity contribution in [2.24, 2.45) is 4.99 Å². The molecule has 2 rings (SSSR count). The molecule has 0 aromatic carbocycles. The number of carbonyl (C=O) groups is 1. The van der Waals surface area contributed by atoms with Gasteiger partial charge in [-0.25, -0.2) is 4.79 Å². The molecular formula is C18H35IN4O2S. The molecule has 0 saturated heterocycles. The van der Waals surface area contributed by atoms with Crippen LogP contribution in [0.1, 0.15) is 52.9 Å². The third kappa shape index (κ3) is 8.10. The summed E-state index contributed by atoms with van der Waals surface area (Å²) >= 11 is 1.95. The Morgan fingerprint density at radius 2 is 1.96 bits per heavy atom. The van der Waals surface area contributed by atoms with Gasteiger partial charge in [-0.05, 0) is 59.1 Å². The van der Waals surface area contributed by atoms with Gasteiger partial charge < -0.3 is 20.3 Å². The van der Waals surface area contributed by atoms with Crippen LogP contribution in [-0.2, 0) is 4.74 Å². The lowest BCUT2D eigenvalue weighted by molar-refractivity contribution is 0.0238. The van der Waals surface area contributed by atoms with Crippen molar-refractivity contribution in [2.45, 2.75) is 75.8 Å². The van der Waals surface area contributed by atoms with Gasteiger partial charge in [0.25, 0.3) is 0 Å². The van der Waals surface area contributed by atoms with Crippen molar-refractivity contribution >= 4 is 47.8 Å². The lowest BCUT2D eigenvalue weighted by Crippen LogP contribution is -2.47. The summed E-state index contributed by atoms with van der Waals surface area (Å²) in [6, 6.07) is 0.831. The lowest BCUT2D eigenvalue weighted by atomic mass is 10.2. The Morgan fingerprint density at radius 3 is 2.46 bits per heavy atom. The van der Waals surface area contributed by atoms with E-state index in [-0.39, 0.29) is 30.1 Å². The third-order valence-corrected chi connectivity index (χ3v) is 5.64. The smallest absolute Gasteiger partial charge is 0.410 e. The minimum Gasteiger partial charge on any atom is -0.444 e. The van der Waals surface area contributed by atoms with Gasteiger partial charge in [-0.3, -0.25) is 4.99 Å². The van der Waals surface area contributed by atoms with Gasteiger partial charge in [0.15, 0.2) is 5.96 Å². The van der Waals surface area contributed by atoms with Crippen LogP contribution in [0.2, 0.25) is 0 Å². The highest BCUT2D eigenvalue weighted by atomic mass is 127. The Kier molecular flexibility index (Phi) is 9.85. The molecule has 0 aliphatic heterocycles. The number of amides is 1. The predicted molar refractivity (Wildman–Crippen MR) is 121 cm³/mol. The molecule has 0 aromatic heterocycles. The standard InChI is InChI=1S/C18H34N4O2S.HI/c1-18(2,3)24-17(23)22(14-7-8-14)11-10-20-16(19-4)21-13-6-9-15(12-13)25-5;/h13-15H,6-12H2,1-5H3,(H2,19,20,21);1H. The van der Waals surface area contributed by atoms with E-state index in [2.05, 4.69) is 21.9 Å². The monoisotopic (exact) mass is 498 g/mol. The Balaban J connectivity index is 0.00000338. The van der Waals surface area contributed by atoms with Gasteiger partial charge in [0.1, 0.15) is 5.60 Å². The van der Waals surface area contributed by atoms with E-state index in [4.69, 9.17) is 4.74 Å². The van der Waals surface area contributed by atoms with Gasteiger partial charge in [0.2, 0.25) is 0 Å². The fourth-order valence-electron chi connectivity index (χ4n) is 3.10. The number of halogens is 1. The zero-order chi connectivity index (χ0) is 18.4. The van der Waals surface area contributed by atoms with Crippen molar-refractivity contribution in [1.29, 1.82) is 0 Å². The first-order chi connectivity index (χ1) is 11.8. The zero-order valence-corrected chi connectivity index (χ0v) is 19.9. The first kappa shape index (κ1) is 23.7. The zero-order valence-electron chi connectivity index (χ0n) is 16.7. The van der Waals surface area contributed by atoms with E-state index in [0.717, 1.165) is 24.1 Å². The van der Waals surface area contributed by atoms with Crippen LogP contribution in [0.3, 0.4) is 0 Å². The maximum Gasteiger partial charge on any atom is 0.410 e. The molecule has 6 nitrogen and oxygen atoms in total. The Bertz CT molecular complexity index is 480. The molecule has 2 N–H and O–H groups in total. The predicted octanol–water partition coefficient (Wildman–Crippen LogP) is 3.45. The fourth-order valence-corrected chi connectivity index (χ4v) is 3.89. The molecule has 0 radical (unpaired) electrons. The number of nitrogens with zero attached hydrogens (tertiary/aromatic N) is 2. The van der Waals surface area contributed by atoms with E-state index in [0.29, 0.717) is 25.2 Å². The minimum atomic E-state index is -0.453. The first-order valence-electron chi connectivity index (χ1n) is 9.32. The summed E-state index contributed by atoms with van der Waals surface area (Å²) in [5.41, 5.74) is -0.453. The van der Waals surface area contributed by atoms with E-state index in [9.17, 15) is 4.79 Å². The summed E-state index contributed by atoms with van der Waals surface area (Å²) in [6.45, 7) is 7.03. The Labute approximate surface area is 179 Å². The van der Waals surface area contributed by atoms with Crippen LogP contribution in [0.15, 0.2) is 4.99 Å². The molecule has 2 aliphatic rings. The summed E-state index contributed by atoms with van der Waals surface area (Å²) in [7, 11) is 1.79. The van der Waals surface area contributed by atoms with E-state index >= 15 is 0 Å². The van der Waals surface area contributed by atoms with Crippen LogP contribution in [0.4, 0.5) is 4.79 Å². The third-order valence-electron chi connectivity index (χ3n) is 4.54. The molecule has 0 bridgehead atoms. The molecule has 2 fully saturated rings. The first-order valence-corrected chi connectivity index (χ1v) is 10.6. The van der Waals surface area contributed by atoms with Gasteiger partial charge in [-0.2, -0.15) is 11.8 Å². The highest BCUT2D eigenvalue weighted by Crippen LogP contribution is 2.29. The molecule has 152 valence electrons. The molecule has 0 spiro atoms. The molecule has 0 aromatic rings. The quantitative estimate of drug-likeness (QED) is 0.334. The van der Waals surface area contributed by atoms with E-state index in [1.54, 1.807) is 7.05 Å². The van der Waals surface area contributed by atoms with Crippen molar-refractivity contribution in [2.75, 3.05) is 26.4 Å². The molecule has 2 atom stereocenters. The van der Waals surface area contributed by atoms with Gasteiger partial charge in [0.05, 0.1) is 0 Å². The van der Waals surface area contributed by atoms with Crippen LogP contribution in [0.25, 0.3) is 0 Å². The maximum atomic E-state index is 12.4. The second-order valence-electron chi connectivity index (χ2n) is 7.92. The largest absolute Gasteiger partial charge is 0.444 e. The van der Waals surface area contributed by atoms with Crippen LogP contribution in [0.5, 0.6) is 0 Å². The molecule has 2 saturated carbocycles. The topological polar surface area (TPSA) is 66.0 Å². The number of thioether (sulfide) groups is 1. The number of aliphatic imine (C=N–C) groups is 1. The second kappa shape index (κ2) is 10.8. The molecule has 0 heterocycles. The van der Waals surface area contributed by atoms with Crippen molar-refractivity contribution in [3.05, 3.63) is 0 Å². The molecule has 1 amide bonds. The summed E-state index contributed by atoms with van der Waals surface area (Å²) < 4.78 is 5.53. The maximum absolute atomic E-state index is 12.4. The Morgan fingerprint density at radius 1 is 1.27 bits per heavy atom. The number of hydrogen-bond donors (Lipinski definition) is 2. The fraction of sp³-hybridized carbons (Fsp3) is 0.889. The summed E-state index contributed by atoms with van der Waals surface area (Å²) in [6.07, 6.45) is 7.77. The highest BCUT2D eigenvalue weighted by molar-refractivity contribution is 14.0. The molecule has 8 heteroatoms. The average molecular weight is 498 g/mol. The molecular weight excluding hydrogens is 463 g/mol. The summed E-state index contributed by atoms with van der Waals surface area (Å²) in [5.74, 6) is 0.826. The van der Waals surface area contributed by atoms with Gasteiger partial charge in [-0.15, -0.1) is 24.0 Å². The number of hydrogen-bond acceptors (Lipinski definition) is 4. The normalized spacial score (nSPS) is 23.2. The highest BCUT2D eigenvalue weighted by Gasteiger charge is 2.35. The van der Waals surface area contributed by atoms with Crippen LogP contribution in [-0.4, -0.2) is 66.3 Å². The Hall–Kier alpha value is -0.380. The number of carbonyl (C=O) groups excluding carboxylic acids is 1. The van der Waals surface area contributed by atoms with Gasteiger partial charge >= 0.3 is 6.09 Å². The van der Waals surface area contributed by atoms with Crippen molar-refractivity contribution in [3.63, 3.8) is 0 Å². The number of nitrogens with one attached hydrogen (secondary N) is 2. The minimum absolute atomic E-state index is 0. The molecule has 2 aliphatic carbocycles. The van der Waals surface area contributed by atoms with E-state index in [1.807, 2.05) is 37.4 Å². The SMILES string of the molecule is CN=C(NCCN(C(=O)OC(C)(C)C)C1CC1)NC1CCC(SC)C1.I. The number of guanidine groups is 1. The lowest BCUT2D eigenvalue weighted by Gasteiger charge is -2.28. The number of ether oxygens (including phenoxy) is 1. The summed E-state index contributed by atoms with van der Waals surface area (Å²) in [4.78, 5) is 18.5. The van der Waals surface area contributed by atoms with Gasteiger partial charge in [0, 0.05) is 37.5 Å². The second-order valence-corrected chi connectivity index (χ2v) is 9.05. The molecule has 26 heavy (non-hydrogen) atoms. The number of rotatable bonds is 6. The summed E-state index contributed by atoms with van der Waals surface area (Å²) in [5, 5.41) is 7.61. The average Bonchev–Trinajstić information content (AvgIpc) is 3.26. The van der Waals surface area contributed by atoms with E-state index in [1.165, 1.54) is 19.3 Å².